The van der Waals surface area contributed by atoms with Crippen molar-refractivity contribution in [3.05, 3.63) is 12.2 Å². The van der Waals surface area contributed by atoms with Crippen molar-refractivity contribution in [2.45, 2.75) is 13.3 Å². The van der Waals surface area contributed by atoms with E-state index in [1.165, 1.54) is 6.42 Å². The Kier molecular flexibility index (Phi) is 1.19. The molecule has 0 aromatic carbocycles. The lowest BCUT2D eigenvalue weighted by atomic mass is 9.86. The third-order valence-corrected chi connectivity index (χ3v) is 3.08. The minimum atomic E-state index is 0.329. The topological polar surface area (TPSA) is 17.1 Å². The molecule has 1 nitrogen and oxygen atoms in total. The highest BCUT2D eigenvalue weighted by molar-refractivity contribution is 5.57. The summed E-state index contributed by atoms with van der Waals surface area (Å²) in [5, 5.41) is 0. The molecule has 0 aromatic heterocycles. The van der Waals surface area contributed by atoms with Crippen LogP contribution in [0.1, 0.15) is 13.3 Å². The molecule has 0 aromatic rings. The van der Waals surface area contributed by atoms with Crippen LogP contribution in [0, 0.1) is 23.7 Å². The van der Waals surface area contributed by atoms with Gasteiger partial charge in [-0.05, 0) is 24.2 Å². The molecule has 0 saturated heterocycles. The van der Waals surface area contributed by atoms with Gasteiger partial charge < -0.3 is 4.79 Å². The van der Waals surface area contributed by atoms with E-state index < -0.39 is 0 Å². The largest absolute Gasteiger partial charge is 0.303 e. The second-order valence-corrected chi connectivity index (χ2v) is 3.52. The maximum atomic E-state index is 10.6. The van der Waals surface area contributed by atoms with Gasteiger partial charge in [0.05, 0.1) is 0 Å². The molecule has 0 radical (unpaired) electrons. The molecule has 0 heterocycles. The van der Waals surface area contributed by atoms with Gasteiger partial charge >= 0.3 is 0 Å². The lowest BCUT2D eigenvalue weighted by Gasteiger charge is -2.18. The van der Waals surface area contributed by atoms with Gasteiger partial charge in [-0.25, -0.2) is 0 Å². The molecule has 2 rings (SSSR count). The standard InChI is InChI=1S/C9H12O/c1-6-7-2-3-8(4-7)9(6)5-10/h2-3,5-9H,4H2,1H3/t6-,7-,8-,9+/m0/s1. The Morgan fingerprint density at radius 1 is 1.40 bits per heavy atom. The number of aldehydes is 1. The number of hydrogen-bond acceptors (Lipinski definition) is 1. The molecular formula is C9H12O. The SMILES string of the molecule is C[C@@H]1[C@@H](C=O)[C@H]2C=C[C@H]1C2. The molecule has 2 aliphatic carbocycles. The smallest absolute Gasteiger partial charge is 0.123 e. The maximum absolute atomic E-state index is 10.6. The number of fused-ring (bicyclic) bond motifs is 2. The van der Waals surface area contributed by atoms with E-state index in [1.54, 1.807) is 0 Å². The van der Waals surface area contributed by atoms with Gasteiger partial charge in [0.2, 0.25) is 0 Å². The van der Waals surface area contributed by atoms with E-state index in [1.807, 2.05) is 0 Å². The van der Waals surface area contributed by atoms with Crippen LogP contribution in [-0.2, 0) is 4.79 Å². The van der Waals surface area contributed by atoms with Crippen LogP contribution in [-0.4, -0.2) is 6.29 Å². The summed E-state index contributed by atoms with van der Waals surface area (Å²) in [6, 6.07) is 0. The van der Waals surface area contributed by atoms with E-state index in [0.29, 0.717) is 23.7 Å². The van der Waals surface area contributed by atoms with Crippen LogP contribution in [0.5, 0.6) is 0 Å². The van der Waals surface area contributed by atoms with Crippen LogP contribution >= 0.6 is 0 Å². The van der Waals surface area contributed by atoms with Gasteiger partial charge in [-0.1, -0.05) is 19.1 Å². The predicted octanol–water partition coefficient (Wildman–Crippen LogP) is 1.64. The van der Waals surface area contributed by atoms with Crippen LogP contribution in [0.2, 0.25) is 0 Å². The Bertz CT molecular complexity index is 183. The molecule has 10 heavy (non-hydrogen) atoms. The average molecular weight is 136 g/mol. The summed E-state index contributed by atoms with van der Waals surface area (Å²) in [7, 11) is 0. The number of allylic oxidation sites excluding steroid dienone is 2. The number of rotatable bonds is 1. The van der Waals surface area contributed by atoms with Crippen molar-refractivity contribution in [2.75, 3.05) is 0 Å². The fourth-order valence-corrected chi connectivity index (χ4v) is 2.33. The molecule has 0 unspecified atom stereocenters. The molecule has 1 saturated carbocycles. The van der Waals surface area contributed by atoms with E-state index in [-0.39, 0.29) is 0 Å². The Hall–Kier alpha value is -0.590. The second kappa shape index (κ2) is 1.94. The van der Waals surface area contributed by atoms with E-state index in [4.69, 9.17) is 0 Å². The molecular weight excluding hydrogens is 124 g/mol. The fraction of sp³-hybridized carbons (Fsp3) is 0.667. The highest BCUT2D eigenvalue weighted by Crippen LogP contribution is 2.46. The van der Waals surface area contributed by atoms with Gasteiger partial charge in [0.1, 0.15) is 6.29 Å². The first-order chi connectivity index (χ1) is 4.83. The monoisotopic (exact) mass is 136 g/mol. The fourth-order valence-electron chi connectivity index (χ4n) is 2.33. The van der Waals surface area contributed by atoms with Gasteiger partial charge in [-0.15, -0.1) is 0 Å². The third-order valence-electron chi connectivity index (χ3n) is 3.08. The summed E-state index contributed by atoms with van der Waals surface area (Å²) in [5.74, 6) is 2.22. The summed E-state index contributed by atoms with van der Waals surface area (Å²) in [5.41, 5.74) is 0. The number of carbonyl (C=O) groups excluding carboxylic acids is 1. The minimum absolute atomic E-state index is 0.329. The quantitative estimate of drug-likeness (QED) is 0.395. The number of carbonyl (C=O) groups is 1. The van der Waals surface area contributed by atoms with Gasteiger partial charge in [0.25, 0.3) is 0 Å². The summed E-state index contributed by atoms with van der Waals surface area (Å²) in [4.78, 5) is 10.6. The Morgan fingerprint density at radius 3 is 2.50 bits per heavy atom. The van der Waals surface area contributed by atoms with Crippen molar-refractivity contribution in [1.82, 2.24) is 0 Å². The third kappa shape index (κ3) is 0.606. The summed E-state index contributed by atoms with van der Waals surface area (Å²) in [6.07, 6.45) is 6.85. The highest BCUT2D eigenvalue weighted by atomic mass is 16.1. The Balaban J connectivity index is 2.25. The molecule has 54 valence electrons. The van der Waals surface area contributed by atoms with Crippen LogP contribution in [0.3, 0.4) is 0 Å². The van der Waals surface area contributed by atoms with E-state index in [0.717, 1.165) is 6.29 Å². The normalized spacial score (nSPS) is 50.1. The van der Waals surface area contributed by atoms with Crippen molar-refractivity contribution in [3.8, 4) is 0 Å². The summed E-state index contributed by atoms with van der Waals surface area (Å²) in [6.45, 7) is 2.19. The van der Waals surface area contributed by atoms with Crippen molar-refractivity contribution in [2.24, 2.45) is 23.7 Å². The Morgan fingerprint density at radius 2 is 2.10 bits per heavy atom. The van der Waals surface area contributed by atoms with Crippen molar-refractivity contribution in [3.63, 3.8) is 0 Å². The second-order valence-electron chi connectivity index (χ2n) is 3.52. The first-order valence-corrected chi connectivity index (χ1v) is 3.96. The lowest BCUT2D eigenvalue weighted by molar-refractivity contribution is -0.112. The molecule has 0 aliphatic heterocycles. The van der Waals surface area contributed by atoms with Crippen molar-refractivity contribution < 1.29 is 4.79 Å². The van der Waals surface area contributed by atoms with E-state index in [2.05, 4.69) is 19.1 Å². The molecule has 2 bridgehead atoms. The predicted molar refractivity (Wildman–Crippen MR) is 39.5 cm³/mol. The van der Waals surface area contributed by atoms with Gasteiger partial charge in [-0.2, -0.15) is 0 Å². The van der Waals surface area contributed by atoms with Gasteiger partial charge in [0, 0.05) is 5.92 Å². The zero-order valence-electron chi connectivity index (χ0n) is 6.16. The lowest BCUT2D eigenvalue weighted by Crippen LogP contribution is -2.17. The highest BCUT2D eigenvalue weighted by Gasteiger charge is 2.41. The van der Waals surface area contributed by atoms with E-state index >= 15 is 0 Å². The zero-order chi connectivity index (χ0) is 7.14. The van der Waals surface area contributed by atoms with Crippen LogP contribution in [0.4, 0.5) is 0 Å². The van der Waals surface area contributed by atoms with Crippen LogP contribution in [0.25, 0.3) is 0 Å². The van der Waals surface area contributed by atoms with Gasteiger partial charge in [0.15, 0.2) is 0 Å². The Labute approximate surface area is 61.1 Å². The first-order valence-electron chi connectivity index (χ1n) is 3.96. The summed E-state index contributed by atoms with van der Waals surface area (Å²) >= 11 is 0. The van der Waals surface area contributed by atoms with Crippen LogP contribution < -0.4 is 0 Å². The van der Waals surface area contributed by atoms with Crippen LogP contribution in [0.15, 0.2) is 12.2 Å². The first kappa shape index (κ1) is 6.14. The molecule has 1 fully saturated rings. The molecule has 0 amide bonds. The molecule has 0 spiro atoms. The molecule has 2 aliphatic rings. The summed E-state index contributed by atoms with van der Waals surface area (Å²) < 4.78 is 0. The minimum Gasteiger partial charge on any atom is -0.303 e. The van der Waals surface area contributed by atoms with E-state index in [9.17, 15) is 4.79 Å². The van der Waals surface area contributed by atoms with Crippen molar-refractivity contribution in [1.29, 1.82) is 0 Å². The molecule has 0 N–H and O–H groups in total. The maximum Gasteiger partial charge on any atom is 0.123 e. The van der Waals surface area contributed by atoms with Crippen molar-refractivity contribution >= 4 is 6.29 Å². The molecule has 1 heteroatoms. The zero-order valence-corrected chi connectivity index (χ0v) is 6.16. The van der Waals surface area contributed by atoms with Gasteiger partial charge in [-0.3, -0.25) is 0 Å². The molecule has 4 atom stereocenters. The number of hydrogen-bond donors (Lipinski definition) is 0. The average Bonchev–Trinajstić information content (AvgIpc) is 2.46.